The van der Waals surface area contributed by atoms with E-state index in [1.165, 1.54) is 25.3 Å². The number of amides is 1. The maximum atomic E-state index is 13.4. The molecule has 39 heavy (non-hydrogen) atoms. The maximum Gasteiger partial charge on any atom is 1.00 e. The van der Waals surface area contributed by atoms with Crippen LogP contribution in [0.5, 0.6) is 11.5 Å². The predicted octanol–water partition coefficient (Wildman–Crippen LogP) is 3.71. The fraction of sp³-hybridized carbons (Fsp3) is 0.115. The molecule has 2 N–H and O–H groups in total. The van der Waals surface area contributed by atoms with Crippen molar-refractivity contribution in [3.8, 4) is 11.5 Å². The van der Waals surface area contributed by atoms with Crippen molar-refractivity contribution in [2.75, 3.05) is 12.4 Å². The zero-order valence-corrected chi connectivity index (χ0v) is 25.4. The van der Waals surface area contributed by atoms with Gasteiger partial charge in [-0.25, -0.2) is 0 Å². The first-order valence-electron chi connectivity index (χ1n) is 11.1. The molecular formula is C26H20Cl2N3NaO6S. The number of azo groups is 1. The van der Waals surface area contributed by atoms with E-state index in [9.17, 15) is 22.9 Å². The number of rotatable bonds is 7. The number of nitrogens with zero attached hydrogens (tertiary/aromatic N) is 2. The van der Waals surface area contributed by atoms with Crippen LogP contribution in [0, 0.1) is 0 Å². The molecule has 0 unspecified atom stereocenters. The summed E-state index contributed by atoms with van der Waals surface area (Å²) in [6, 6.07) is 15.4. The molecule has 0 saturated carbocycles. The molecule has 0 radical (unpaired) electrons. The van der Waals surface area contributed by atoms with Crippen LogP contribution in [0.4, 0.5) is 17.1 Å². The average molecular weight is 596 g/mol. The topological polar surface area (TPSA) is 140 Å². The monoisotopic (exact) mass is 595 g/mol. The summed E-state index contributed by atoms with van der Waals surface area (Å²) in [6.07, 6.45) is 0.193. The van der Waals surface area contributed by atoms with Crippen LogP contribution >= 0.6 is 23.2 Å². The molecule has 0 fully saturated rings. The Morgan fingerprint density at radius 1 is 1.08 bits per heavy atom. The molecular weight excluding hydrogens is 576 g/mol. The van der Waals surface area contributed by atoms with Crippen molar-refractivity contribution in [3.05, 3.63) is 81.8 Å². The van der Waals surface area contributed by atoms with Crippen LogP contribution in [-0.4, -0.2) is 26.0 Å². The second-order valence-electron chi connectivity index (χ2n) is 8.03. The maximum absolute atomic E-state index is 13.4. The van der Waals surface area contributed by atoms with Crippen molar-refractivity contribution in [1.82, 2.24) is 0 Å². The first kappa shape index (κ1) is 30.8. The minimum atomic E-state index is -4.50. The standard InChI is InChI=1S/C26H21Cl2N3O6S.Na/c1-3-16-22(38(34,35)36)11-10-20(23(16)28)30-31-24-17-7-5-4-6-14(17)12-18(25(24)32)26(33)29-15-8-9-19(27)21(13-15)37-2;/h4-13,32H,3H2,1-2H3,(H,29,33)(H,34,35,36);/q;+1/p-1. The number of nitrogens with one attached hydrogen (secondary N) is 1. The van der Waals surface area contributed by atoms with E-state index in [1.807, 2.05) is 0 Å². The van der Waals surface area contributed by atoms with Gasteiger partial charge in [-0.05, 0) is 47.7 Å². The summed E-state index contributed by atoms with van der Waals surface area (Å²) >= 11 is 12.4. The molecule has 0 bridgehead atoms. The van der Waals surface area contributed by atoms with Gasteiger partial charge in [0.25, 0.3) is 16.0 Å². The van der Waals surface area contributed by atoms with Gasteiger partial charge in [0.05, 0.1) is 27.7 Å². The summed E-state index contributed by atoms with van der Waals surface area (Å²) in [5.41, 5.74) is 0.334. The minimum absolute atomic E-state index is 0. The van der Waals surface area contributed by atoms with Crippen LogP contribution in [0.1, 0.15) is 22.8 Å². The van der Waals surface area contributed by atoms with Gasteiger partial charge < -0.3 is 15.2 Å². The Bertz CT molecular complexity index is 1710. The van der Waals surface area contributed by atoms with E-state index in [1.54, 1.807) is 43.3 Å². The molecule has 1 amide bonds. The normalized spacial score (nSPS) is 11.4. The number of hydrogen-bond donors (Lipinski definition) is 2. The van der Waals surface area contributed by atoms with Crippen LogP contribution in [0.15, 0.2) is 75.8 Å². The molecule has 0 aromatic heterocycles. The number of benzene rings is 4. The molecule has 4 rings (SSSR count). The van der Waals surface area contributed by atoms with Crippen LogP contribution in [0.3, 0.4) is 0 Å². The summed E-state index contributed by atoms with van der Waals surface area (Å²) in [6.45, 7) is 1.67. The fourth-order valence-electron chi connectivity index (χ4n) is 3.86. The summed E-state index contributed by atoms with van der Waals surface area (Å²) in [5, 5.41) is 25.6. The van der Waals surface area contributed by atoms with E-state index in [4.69, 9.17) is 27.9 Å². The molecule has 0 aliphatic heterocycles. The second-order valence-corrected chi connectivity index (χ2v) is 10.2. The minimum Gasteiger partial charge on any atom is -0.870 e. The van der Waals surface area contributed by atoms with E-state index in [0.717, 1.165) is 6.07 Å². The molecule has 4 aromatic rings. The van der Waals surface area contributed by atoms with Gasteiger partial charge in [0.1, 0.15) is 11.4 Å². The SMILES string of the molecule is CCc1c(S(=O)(=O)O)ccc(N=Nc2c([O-])c(C(=O)Nc3ccc(Cl)c(OC)c3)cc3ccccc23)c1Cl.[Na+]. The largest absolute Gasteiger partial charge is 1.00 e. The molecule has 0 aliphatic rings. The predicted molar refractivity (Wildman–Crippen MR) is 144 cm³/mol. The number of ether oxygens (including phenoxy) is 1. The molecule has 0 atom stereocenters. The summed E-state index contributed by atoms with van der Waals surface area (Å²) in [7, 11) is -3.06. The van der Waals surface area contributed by atoms with Gasteiger partial charge in [-0.15, -0.1) is 5.11 Å². The third kappa shape index (κ3) is 6.55. The number of hydrogen-bond acceptors (Lipinski definition) is 7. The number of fused-ring (bicyclic) bond motifs is 1. The van der Waals surface area contributed by atoms with Gasteiger partial charge in [0, 0.05) is 22.7 Å². The van der Waals surface area contributed by atoms with Crippen LogP contribution in [0.25, 0.3) is 10.8 Å². The molecule has 13 heteroatoms. The summed E-state index contributed by atoms with van der Waals surface area (Å²) < 4.78 is 38.0. The first-order chi connectivity index (χ1) is 18.0. The van der Waals surface area contributed by atoms with Gasteiger partial charge in [-0.3, -0.25) is 9.35 Å². The van der Waals surface area contributed by atoms with Gasteiger partial charge >= 0.3 is 29.6 Å². The number of carbonyl (C=O) groups is 1. The summed E-state index contributed by atoms with van der Waals surface area (Å²) in [5.74, 6) is -0.999. The van der Waals surface area contributed by atoms with E-state index in [-0.39, 0.29) is 68.4 Å². The van der Waals surface area contributed by atoms with Crippen molar-refractivity contribution < 1.29 is 57.2 Å². The molecule has 196 valence electrons. The van der Waals surface area contributed by atoms with Crippen molar-refractivity contribution in [2.24, 2.45) is 10.2 Å². The number of carbonyl (C=O) groups excluding carboxylic acids is 1. The van der Waals surface area contributed by atoms with Gasteiger partial charge in [0.2, 0.25) is 0 Å². The summed E-state index contributed by atoms with van der Waals surface area (Å²) in [4.78, 5) is 12.8. The molecule has 0 heterocycles. The fourth-order valence-corrected chi connectivity index (χ4v) is 5.24. The Hall–Kier alpha value is -2.70. The zero-order valence-electron chi connectivity index (χ0n) is 21.0. The van der Waals surface area contributed by atoms with E-state index < -0.39 is 21.8 Å². The third-order valence-electron chi connectivity index (χ3n) is 5.70. The second kappa shape index (κ2) is 12.6. The van der Waals surface area contributed by atoms with Crippen molar-refractivity contribution in [1.29, 1.82) is 0 Å². The van der Waals surface area contributed by atoms with Gasteiger partial charge in [-0.1, -0.05) is 60.1 Å². The van der Waals surface area contributed by atoms with Crippen molar-refractivity contribution >= 4 is 67.1 Å². The van der Waals surface area contributed by atoms with Crippen molar-refractivity contribution in [2.45, 2.75) is 18.2 Å². The Morgan fingerprint density at radius 2 is 1.79 bits per heavy atom. The molecule has 0 spiro atoms. The van der Waals surface area contributed by atoms with Gasteiger partial charge in [-0.2, -0.15) is 13.5 Å². The first-order valence-corrected chi connectivity index (χ1v) is 13.3. The van der Waals surface area contributed by atoms with Gasteiger partial charge in [0.15, 0.2) is 0 Å². The van der Waals surface area contributed by atoms with Crippen LogP contribution < -0.4 is 44.7 Å². The Kier molecular flexibility index (Phi) is 10.0. The molecule has 4 aromatic carbocycles. The van der Waals surface area contributed by atoms with E-state index in [2.05, 4.69) is 15.5 Å². The van der Waals surface area contributed by atoms with E-state index in [0.29, 0.717) is 27.2 Å². The smallest absolute Gasteiger partial charge is 0.870 e. The molecule has 9 nitrogen and oxygen atoms in total. The zero-order chi connectivity index (χ0) is 27.6. The number of halogens is 2. The van der Waals surface area contributed by atoms with Crippen LogP contribution in [-0.2, 0) is 16.5 Å². The third-order valence-corrected chi connectivity index (χ3v) is 7.37. The number of anilines is 1. The Morgan fingerprint density at radius 3 is 2.46 bits per heavy atom. The molecule has 0 aliphatic carbocycles. The van der Waals surface area contributed by atoms with Crippen LogP contribution in [0.2, 0.25) is 10.0 Å². The number of methoxy groups -OCH3 is 1. The van der Waals surface area contributed by atoms with Crippen molar-refractivity contribution in [3.63, 3.8) is 0 Å². The molecule has 0 saturated heterocycles. The Labute approximate surface area is 256 Å². The Balaban J connectivity index is 0.00000420. The quantitative estimate of drug-likeness (QED) is 0.189. The van der Waals surface area contributed by atoms with E-state index >= 15 is 0 Å². The average Bonchev–Trinajstić information content (AvgIpc) is 2.88.